The second kappa shape index (κ2) is 10.2. The first kappa shape index (κ1) is 23.1. The number of hydrogen-bond acceptors (Lipinski definition) is 5. The molecule has 7 nitrogen and oxygen atoms in total. The molecule has 0 spiro atoms. The molecule has 1 amide bonds. The van der Waals surface area contributed by atoms with E-state index in [4.69, 9.17) is 9.47 Å². The summed E-state index contributed by atoms with van der Waals surface area (Å²) in [6.07, 6.45) is 0. The largest absolute Gasteiger partial charge is 0.495 e. The van der Waals surface area contributed by atoms with Crippen molar-refractivity contribution in [3.63, 3.8) is 0 Å². The van der Waals surface area contributed by atoms with Crippen LogP contribution in [0.4, 0.5) is 5.69 Å². The summed E-state index contributed by atoms with van der Waals surface area (Å²) in [5.74, 6) is 0.886. The van der Waals surface area contributed by atoms with E-state index in [1.54, 1.807) is 43.4 Å². The van der Waals surface area contributed by atoms with Crippen LogP contribution < -0.4 is 14.2 Å². The summed E-state index contributed by atoms with van der Waals surface area (Å²) in [4.78, 5) is 14.4. The number of benzene rings is 3. The number of hydrogen-bond donors (Lipinski definition) is 1. The second-order valence-corrected chi connectivity index (χ2v) is 8.75. The summed E-state index contributed by atoms with van der Waals surface area (Å²) < 4.78 is 38.9. The van der Waals surface area contributed by atoms with Gasteiger partial charge in [0.2, 0.25) is 0 Å². The van der Waals surface area contributed by atoms with Gasteiger partial charge in [0.15, 0.2) is 0 Å². The van der Waals surface area contributed by atoms with Crippen LogP contribution in [0.3, 0.4) is 0 Å². The van der Waals surface area contributed by atoms with Crippen molar-refractivity contribution in [3.05, 3.63) is 83.9 Å². The van der Waals surface area contributed by atoms with E-state index < -0.39 is 10.0 Å². The smallest absolute Gasteiger partial charge is 0.262 e. The molecule has 0 unspecified atom stereocenters. The fourth-order valence-corrected chi connectivity index (χ4v) is 4.27. The van der Waals surface area contributed by atoms with Crippen molar-refractivity contribution in [2.75, 3.05) is 25.5 Å². The van der Waals surface area contributed by atoms with Crippen molar-refractivity contribution in [1.82, 2.24) is 4.90 Å². The molecule has 168 valence electrons. The standard InChI is InChI=1S/C24H26N2O5S/c1-4-31-20-14-12-18(13-15-20)17-26(2)24(27)19-8-7-9-21(16-19)32(28,29)25-22-10-5-6-11-23(22)30-3/h5-16,25H,4,17H2,1-3H3. The predicted octanol–water partition coefficient (Wildman–Crippen LogP) is 4.17. The topological polar surface area (TPSA) is 84.9 Å². The Bertz CT molecular complexity index is 1180. The number of para-hydroxylation sites is 2. The van der Waals surface area contributed by atoms with Gasteiger partial charge in [-0.1, -0.05) is 30.3 Å². The molecule has 3 aromatic rings. The third kappa shape index (κ3) is 5.59. The maximum absolute atomic E-state index is 12.9. The zero-order valence-electron chi connectivity index (χ0n) is 18.2. The normalized spacial score (nSPS) is 11.0. The van der Waals surface area contributed by atoms with Crippen LogP contribution in [0.2, 0.25) is 0 Å². The zero-order valence-corrected chi connectivity index (χ0v) is 19.1. The average Bonchev–Trinajstić information content (AvgIpc) is 2.80. The Morgan fingerprint density at radius 2 is 1.72 bits per heavy atom. The first-order chi connectivity index (χ1) is 15.3. The molecule has 0 fully saturated rings. The molecule has 0 aliphatic carbocycles. The minimum Gasteiger partial charge on any atom is -0.495 e. The van der Waals surface area contributed by atoms with Crippen LogP contribution in [0.25, 0.3) is 0 Å². The molecule has 8 heteroatoms. The van der Waals surface area contributed by atoms with Crippen LogP contribution >= 0.6 is 0 Å². The SMILES string of the molecule is CCOc1ccc(CN(C)C(=O)c2cccc(S(=O)(=O)Nc3ccccc3OC)c2)cc1. The molecule has 0 bridgehead atoms. The highest BCUT2D eigenvalue weighted by Gasteiger charge is 2.19. The number of methoxy groups -OCH3 is 1. The highest BCUT2D eigenvalue weighted by molar-refractivity contribution is 7.92. The van der Waals surface area contributed by atoms with Gasteiger partial charge in [-0.2, -0.15) is 0 Å². The molecule has 0 atom stereocenters. The van der Waals surface area contributed by atoms with Gasteiger partial charge in [-0.05, 0) is 55.0 Å². The van der Waals surface area contributed by atoms with E-state index in [2.05, 4.69) is 4.72 Å². The zero-order chi connectivity index (χ0) is 23.1. The number of amides is 1. The van der Waals surface area contributed by atoms with Crippen LogP contribution in [-0.2, 0) is 16.6 Å². The van der Waals surface area contributed by atoms with Gasteiger partial charge in [-0.25, -0.2) is 8.42 Å². The van der Waals surface area contributed by atoms with Crippen molar-refractivity contribution in [2.24, 2.45) is 0 Å². The second-order valence-electron chi connectivity index (χ2n) is 7.07. The Balaban J connectivity index is 1.76. The van der Waals surface area contributed by atoms with Crippen LogP contribution in [0.5, 0.6) is 11.5 Å². The minimum absolute atomic E-state index is 0.0104. The van der Waals surface area contributed by atoms with Gasteiger partial charge < -0.3 is 14.4 Å². The first-order valence-corrected chi connectivity index (χ1v) is 11.6. The Kier molecular flexibility index (Phi) is 7.37. The highest BCUT2D eigenvalue weighted by Crippen LogP contribution is 2.26. The minimum atomic E-state index is -3.91. The number of carbonyl (C=O) groups is 1. The number of carbonyl (C=O) groups excluding carboxylic acids is 1. The average molecular weight is 455 g/mol. The molecule has 0 radical (unpaired) electrons. The van der Waals surface area contributed by atoms with Crippen molar-refractivity contribution >= 4 is 21.6 Å². The molecule has 3 rings (SSSR count). The maximum Gasteiger partial charge on any atom is 0.262 e. The van der Waals surface area contributed by atoms with E-state index in [-0.39, 0.29) is 16.4 Å². The van der Waals surface area contributed by atoms with Gasteiger partial charge in [-0.3, -0.25) is 9.52 Å². The van der Waals surface area contributed by atoms with Crippen molar-refractivity contribution in [1.29, 1.82) is 0 Å². The number of rotatable bonds is 9. The fourth-order valence-electron chi connectivity index (χ4n) is 3.15. The molecule has 0 saturated carbocycles. The van der Waals surface area contributed by atoms with E-state index in [1.165, 1.54) is 24.1 Å². The molecular formula is C24H26N2O5S. The monoisotopic (exact) mass is 454 g/mol. The molecular weight excluding hydrogens is 428 g/mol. The first-order valence-electron chi connectivity index (χ1n) is 10.1. The molecule has 0 aromatic heterocycles. The molecule has 3 aromatic carbocycles. The molecule has 0 aliphatic heterocycles. The van der Waals surface area contributed by atoms with E-state index in [0.717, 1.165) is 11.3 Å². The third-order valence-corrected chi connectivity index (χ3v) is 6.11. The van der Waals surface area contributed by atoms with E-state index in [0.29, 0.717) is 24.6 Å². The van der Waals surface area contributed by atoms with Gasteiger partial charge in [0.25, 0.3) is 15.9 Å². The van der Waals surface area contributed by atoms with Crippen LogP contribution in [0.15, 0.2) is 77.7 Å². The lowest BCUT2D eigenvalue weighted by Crippen LogP contribution is -2.26. The fraction of sp³-hybridized carbons (Fsp3) is 0.208. The summed E-state index contributed by atoms with van der Waals surface area (Å²) in [6, 6.07) is 20.2. The maximum atomic E-state index is 12.9. The summed E-state index contributed by atoms with van der Waals surface area (Å²) in [7, 11) is -0.773. The van der Waals surface area contributed by atoms with Crippen LogP contribution in [0.1, 0.15) is 22.8 Å². The Labute approximate surface area is 188 Å². The molecule has 0 heterocycles. The predicted molar refractivity (Wildman–Crippen MR) is 124 cm³/mol. The Hall–Kier alpha value is -3.52. The van der Waals surface area contributed by atoms with Crippen molar-refractivity contribution in [3.8, 4) is 11.5 Å². The molecule has 32 heavy (non-hydrogen) atoms. The van der Waals surface area contributed by atoms with E-state index >= 15 is 0 Å². The van der Waals surface area contributed by atoms with Gasteiger partial charge in [-0.15, -0.1) is 0 Å². The number of anilines is 1. The summed E-state index contributed by atoms with van der Waals surface area (Å²) in [5.41, 5.74) is 1.53. The van der Waals surface area contributed by atoms with E-state index in [9.17, 15) is 13.2 Å². The number of sulfonamides is 1. The summed E-state index contributed by atoms with van der Waals surface area (Å²) in [6.45, 7) is 2.88. The lowest BCUT2D eigenvalue weighted by molar-refractivity contribution is 0.0785. The third-order valence-electron chi connectivity index (χ3n) is 4.74. The number of nitrogens with one attached hydrogen (secondary N) is 1. The van der Waals surface area contributed by atoms with Gasteiger partial charge >= 0.3 is 0 Å². The molecule has 1 N–H and O–H groups in total. The lowest BCUT2D eigenvalue weighted by atomic mass is 10.1. The molecule has 0 saturated heterocycles. The van der Waals surface area contributed by atoms with Crippen molar-refractivity contribution in [2.45, 2.75) is 18.4 Å². The lowest BCUT2D eigenvalue weighted by Gasteiger charge is -2.18. The Morgan fingerprint density at radius 3 is 2.41 bits per heavy atom. The van der Waals surface area contributed by atoms with Gasteiger partial charge in [0.05, 0.1) is 24.3 Å². The van der Waals surface area contributed by atoms with Crippen LogP contribution in [-0.4, -0.2) is 40.0 Å². The van der Waals surface area contributed by atoms with Crippen molar-refractivity contribution < 1.29 is 22.7 Å². The molecule has 0 aliphatic rings. The number of ether oxygens (including phenoxy) is 2. The highest BCUT2D eigenvalue weighted by atomic mass is 32.2. The summed E-state index contributed by atoms with van der Waals surface area (Å²) >= 11 is 0. The quantitative estimate of drug-likeness (QED) is 0.525. The van der Waals surface area contributed by atoms with Gasteiger partial charge in [0.1, 0.15) is 11.5 Å². The van der Waals surface area contributed by atoms with Crippen LogP contribution in [0, 0.1) is 0 Å². The summed E-state index contributed by atoms with van der Waals surface area (Å²) in [5, 5.41) is 0. The van der Waals surface area contributed by atoms with E-state index in [1.807, 2.05) is 31.2 Å². The Morgan fingerprint density at radius 1 is 1.00 bits per heavy atom. The number of nitrogens with zero attached hydrogens (tertiary/aromatic N) is 1. The van der Waals surface area contributed by atoms with Gasteiger partial charge in [0, 0.05) is 19.2 Å².